The van der Waals surface area contributed by atoms with Crippen molar-refractivity contribution in [3.8, 4) is 5.75 Å². The van der Waals surface area contributed by atoms with Crippen LogP contribution in [0.25, 0.3) is 0 Å². The van der Waals surface area contributed by atoms with E-state index in [4.69, 9.17) is 4.74 Å². The van der Waals surface area contributed by atoms with Gasteiger partial charge in [0.2, 0.25) is 0 Å². The number of rotatable bonds is 2. The average molecular weight is 266 g/mol. The van der Waals surface area contributed by atoms with Gasteiger partial charge in [-0.05, 0) is 42.2 Å². The second-order valence-corrected chi connectivity index (χ2v) is 5.37. The van der Waals surface area contributed by atoms with Crippen LogP contribution in [0.15, 0.2) is 42.5 Å². The summed E-state index contributed by atoms with van der Waals surface area (Å²) >= 11 is 0. The summed E-state index contributed by atoms with van der Waals surface area (Å²) in [4.78, 5) is 12.4. The van der Waals surface area contributed by atoms with Gasteiger partial charge >= 0.3 is 0 Å². The Hall–Kier alpha value is -2.09. The summed E-state index contributed by atoms with van der Waals surface area (Å²) in [5.41, 5.74) is 4.67. The van der Waals surface area contributed by atoms with Crippen LogP contribution in [-0.2, 0) is 11.2 Å². The van der Waals surface area contributed by atoms with E-state index in [-0.39, 0.29) is 5.92 Å². The Kier molecular flexibility index (Phi) is 3.31. The van der Waals surface area contributed by atoms with Gasteiger partial charge in [0.1, 0.15) is 11.5 Å². The van der Waals surface area contributed by atoms with Crippen molar-refractivity contribution in [2.75, 3.05) is 7.11 Å². The van der Waals surface area contributed by atoms with Crippen molar-refractivity contribution in [2.45, 2.75) is 25.7 Å². The van der Waals surface area contributed by atoms with E-state index in [9.17, 15) is 4.79 Å². The topological polar surface area (TPSA) is 26.3 Å². The molecular weight excluding hydrogens is 248 g/mol. The van der Waals surface area contributed by atoms with Gasteiger partial charge in [-0.1, -0.05) is 35.9 Å². The van der Waals surface area contributed by atoms with Gasteiger partial charge in [-0.3, -0.25) is 4.79 Å². The van der Waals surface area contributed by atoms with Gasteiger partial charge < -0.3 is 4.74 Å². The van der Waals surface area contributed by atoms with Gasteiger partial charge in [-0.25, -0.2) is 0 Å². The minimum atomic E-state index is -0.120. The Morgan fingerprint density at radius 2 is 1.80 bits per heavy atom. The van der Waals surface area contributed by atoms with Crippen LogP contribution in [0.4, 0.5) is 0 Å². The minimum absolute atomic E-state index is 0.120. The molecule has 0 fully saturated rings. The zero-order chi connectivity index (χ0) is 14.1. The number of carbonyl (C=O) groups is 1. The molecule has 0 spiro atoms. The molecule has 1 unspecified atom stereocenters. The van der Waals surface area contributed by atoms with E-state index in [0.717, 1.165) is 23.3 Å². The number of carbonyl (C=O) groups excluding carboxylic acids is 1. The van der Waals surface area contributed by atoms with Crippen LogP contribution in [0.3, 0.4) is 0 Å². The van der Waals surface area contributed by atoms with Crippen LogP contribution in [0.5, 0.6) is 5.75 Å². The van der Waals surface area contributed by atoms with E-state index in [1.807, 2.05) is 12.1 Å². The van der Waals surface area contributed by atoms with Gasteiger partial charge in [0.25, 0.3) is 0 Å². The fourth-order valence-electron chi connectivity index (χ4n) is 2.91. The average Bonchev–Trinajstić information content (AvgIpc) is 2.48. The molecule has 3 rings (SSSR count). The second-order valence-electron chi connectivity index (χ2n) is 5.37. The monoisotopic (exact) mass is 266 g/mol. The van der Waals surface area contributed by atoms with Crippen LogP contribution >= 0.6 is 0 Å². The number of ether oxygens (including phenoxy) is 1. The highest BCUT2D eigenvalue weighted by atomic mass is 16.5. The minimum Gasteiger partial charge on any atom is -0.497 e. The maximum atomic E-state index is 12.4. The summed E-state index contributed by atoms with van der Waals surface area (Å²) in [6.45, 7) is 2.06. The molecule has 2 heteroatoms. The number of hydrogen-bond acceptors (Lipinski definition) is 2. The van der Waals surface area contributed by atoms with E-state index in [0.29, 0.717) is 12.2 Å². The molecule has 0 aliphatic heterocycles. The molecule has 20 heavy (non-hydrogen) atoms. The lowest BCUT2D eigenvalue weighted by molar-refractivity contribution is -0.120. The fourth-order valence-corrected chi connectivity index (χ4v) is 2.91. The van der Waals surface area contributed by atoms with Crippen molar-refractivity contribution in [1.29, 1.82) is 0 Å². The Bertz CT molecular complexity index is 641. The lowest BCUT2D eigenvalue weighted by Crippen LogP contribution is -2.21. The predicted molar refractivity (Wildman–Crippen MR) is 79.3 cm³/mol. The summed E-state index contributed by atoms with van der Waals surface area (Å²) in [7, 11) is 1.67. The Morgan fingerprint density at radius 3 is 2.50 bits per heavy atom. The smallest absolute Gasteiger partial charge is 0.145 e. The molecule has 0 radical (unpaired) electrons. The molecule has 0 amide bonds. The highest BCUT2D eigenvalue weighted by Crippen LogP contribution is 2.36. The third-order valence-electron chi connectivity index (χ3n) is 4.03. The Labute approximate surface area is 119 Å². The molecule has 2 aromatic carbocycles. The van der Waals surface area contributed by atoms with Crippen molar-refractivity contribution >= 4 is 5.78 Å². The molecule has 0 heterocycles. The maximum Gasteiger partial charge on any atom is 0.145 e. The summed E-state index contributed by atoms with van der Waals surface area (Å²) in [5, 5.41) is 0. The molecule has 0 bridgehead atoms. The van der Waals surface area contributed by atoms with E-state index >= 15 is 0 Å². The number of methoxy groups -OCH3 is 1. The quantitative estimate of drug-likeness (QED) is 0.829. The third-order valence-corrected chi connectivity index (χ3v) is 4.03. The van der Waals surface area contributed by atoms with E-state index < -0.39 is 0 Å². The SMILES string of the molecule is COc1ccc2c(c1)CCC(=O)C2c1ccc(C)cc1. The molecule has 2 nitrogen and oxygen atoms in total. The van der Waals surface area contributed by atoms with Crippen molar-refractivity contribution in [3.63, 3.8) is 0 Å². The van der Waals surface area contributed by atoms with Gasteiger partial charge in [-0.2, -0.15) is 0 Å². The Balaban J connectivity index is 2.07. The summed E-state index contributed by atoms with van der Waals surface area (Å²) in [6, 6.07) is 14.3. The highest BCUT2D eigenvalue weighted by Gasteiger charge is 2.29. The van der Waals surface area contributed by atoms with Crippen LogP contribution in [0, 0.1) is 6.92 Å². The molecule has 1 atom stereocenters. The normalized spacial score (nSPS) is 17.7. The first-order valence-corrected chi connectivity index (χ1v) is 6.95. The first-order chi connectivity index (χ1) is 9.69. The van der Waals surface area contributed by atoms with Gasteiger partial charge in [0.15, 0.2) is 0 Å². The lowest BCUT2D eigenvalue weighted by atomic mass is 9.78. The number of aryl methyl sites for hydroxylation is 2. The fraction of sp³-hybridized carbons (Fsp3) is 0.278. The van der Waals surface area contributed by atoms with Gasteiger partial charge in [-0.15, -0.1) is 0 Å². The summed E-state index contributed by atoms with van der Waals surface area (Å²) in [5.74, 6) is 1.05. The van der Waals surface area contributed by atoms with E-state index in [1.165, 1.54) is 11.1 Å². The zero-order valence-electron chi connectivity index (χ0n) is 11.8. The molecule has 1 aliphatic carbocycles. The van der Waals surface area contributed by atoms with Crippen LogP contribution in [0.1, 0.15) is 34.6 Å². The maximum absolute atomic E-state index is 12.4. The van der Waals surface area contributed by atoms with Crippen LogP contribution in [0.2, 0.25) is 0 Å². The highest BCUT2D eigenvalue weighted by molar-refractivity contribution is 5.91. The predicted octanol–water partition coefficient (Wildman–Crippen LogP) is 3.65. The van der Waals surface area contributed by atoms with Gasteiger partial charge in [0.05, 0.1) is 13.0 Å². The van der Waals surface area contributed by atoms with Crippen molar-refractivity contribution < 1.29 is 9.53 Å². The molecule has 0 aromatic heterocycles. The largest absolute Gasteiger partial charge is 0.497 e. The number of Topliss-reactive ketones (excluding diaryl/α,β-unsaturated/α-hetero) is 1. The summed E-state index contributed by atoms with van der Waals surface area (Å²) < 4.78 is 5.28. The standard InChI is InChI=1S/C18H18O2/c1-12-3-5-13(6-4-12)18-16-9-8-15(20-2)11-14(16)7-10-17(18)19/h3-6,8-9,11,18H,7,10H2,1-2H3. The molecule has 0 saturated heterocycles. The number of fused-ring (bicyclic) bond motifs is 1. The van der Waals surface area contributed by atoms with Crippen LogP contribution in [-0.4, -0.2) is 12.9 Å². The van der Waals surface area contributed by atoms with Gasteiger partial charge in [0, 0.05) is 6.42 Å². The first-order valence-electron chi connectivity index (χ1n) is 6.95. The summed E-state index contributed by atoms with van der Waals surface area (Å²) in [6.07, 6.45) is 1.42. The molecular formula is C18H18O2. The van der Waals surface area contributed by atoms with Crippen molar-refractivity contribution in [1.82, 2.24) is 0 Å². The number of hydrogen-bond donors (Lipinski definition) is 0. The first kappa shape index (κ1) is 12.9. The van der Waals surface area contributed by atoms with E-state index in [1.54, 1.807) is 7.11 Å². The molecule has 0 N–H and O–H groups in total. The number of benzene rings is 2. The Morgan fingerprint density at radius 1 is 1.05 bits per heavy atom. The van der Waals surface area contributed by atoms with Crippen molar-refractivity contribution in [3.05, 3.63) is 64.7 Å². The lowest BCUT2D eigenvalue weighted by Gasteiger charge is -2.25. The van der Waals surface area contributed by atoms with Crippen molar-refractivity contribution in [2.24, 2.45) is 0 Å². The molecule has 2 aromatic rings. The molecule has 102 valence electrons. The second kappa shape index (κ2) is 5.12. The zero-order valence-corrected chi connectivity index (χ0v) is 11.8. The molecule has 1 aliphatic rings. The van der Waals surface area contributed by atoms with E-state index in [2.05, 4.69) is 37.3 Å². The number of ketones is 1. The third kappa shape index (κ3) is 2.22. The van der Waals surface area contributed by atoms with Crippen LogP contribution < -0.4 is 4.74 Å². The molecule has 0 saturated carbocycles.